The summed E-state index contributed by atoms with van der Waals surface area (Å²) in [6.07, 6.45) is 1.27. The molecule has 4 rings (SSSR count). The summed E-state index contributed by atoms with van der Waals surface area (Å²) in [5, 5.41) is 14.8. The molecule has 1 fully saturated rings. The van der Waals surface area contributed by atoms with Crippen LogP contribution in [-0.2, 0) is 23.9 Å². The van der Waals surface area contributed by atoms with Crippen LogP contribution in [0.15, 0.2) is 12.1 Å². The van der Waals surface area contributed by atoms with E-state index < -0.39 is 6.10 Å². The first-order valence-electron chi connectivity index (χ1n) is 8.73. The predicted octanol–water partition coefficient (Wildman–Crippen LogP) is 3.39. The first-order valence-corrected chi connectivity index (χ1v) is 9.93. The fourth-order valence-electron chi connectivity index (χ4n) is 4.12. The Hall–Kier alpha value is -0.920. The molecule has 1 N–H and O–H groups in total. The van der Waals surface area contributed by atoms with Crippen molar-refractivity contribution in [1.82, 2.24) is 14.7 Å². The largest absolute Gasteiger partial charge is 0.386 e. The van der Waals surface area contributed by atoms with E-state index in [0.29, 0.717) is 12.6 Å². The monoisotopic (exact) mass is 381 g/mol. The van der Waals surface area contributed by atoms with Crippen molar-refractivity contribution in [3.8, 4) is 0 Å². The van der Waals surface area contributed by atoms with E-state index in [1.807, 2.05) is 17.8 Å². The minimum Gasteiger partial charge on any atom is -0.386 e. The average molecular weight is 382 g/mol. The van der Waals surface area contributed by atoms with Gasteiger partial charge in [-0.05, 0) is 38.8 Å². The van der Waals surface area contributed by atoms with E-state index in [4.69, 9.17) is 16.3 Å². The summed E-state index contributed by atoms with van der Waals surface area (Å²) < 4.78 is 8.86. The summed E-state index contributed by atoms with van der Waals surface area (Å²) in [4.78, 5) is 3.59. The van der Waals surface area contributed by atoms with Gasteiger partial charge in [-0.1, -0.05) is 11.6 Å². The molecule has 0 aliphatic carbocycles. The first kappa shape index (κ1) is 17.5. The molecular weight excluding hydrogens is 358 g/mol. The van der Waals surface area contributed by atoms with Crippen LogP contribution in [0.25, 0.3) is 0 Å². The number of aryl methyl sites for hydroxylation is 2. The molecule has 0 aromatic carbocycles. The molecule has 0 saturated carbocycles. The number of hydrogen-bond acceptors (Lipinski definition) is 5. The van der Waals surface area contributed by atoms with Crippen molar-refractivity contribution in [3.05, 3.63) is 38.3 Å². The number of halogens is 1. The Bertz CT molecular complexity index is 770. The zero-order valence-corrected chi connectivity index (χ0v) is 16.4. The number of fused-ring (bicyclic) bond motifs is 2. The molecule has 4 heterocycles. The number of aromatic nitrogens is 2. The van der Waals surface area contributed by atoms with Crippen molar-refractivity contribution in [1.29, 1.82) is 0 Å². The summed E-state index contributed by atoms with van der Waals surface area (Å²) >= 11 is 7.80. The number of nitrogens with zero attached hydrogens (tertiary/aromatic N) is 3. The van der Waals surface area contributed by atoms with Gasteiger partial charge in [0.1, 0.15) is 11.7 Å². The smallest absolute Gasteiger partial charge is 0.105 e. The standard InChI is InChI=1S/C18H24ClN3O2S/c1-11-6-13(20-21(11)3)9-22-5-4-18(8-12(22)2)17-14(7-16(19)25-17)15(23)10-24-18/h6-7,12,15,23H,4-5,8-10H2,1-3H3/t12-,15-,18+/m0/s1. The summed E-state index contributed by atoms with van der Waals surface area (Å²) in [5.74, 6) is 0. The second-order valence-corrected chi connectivity index (χ2v) is 9.01. The highest BCUT2D eigenvalue weighted by atomic mass is 35.5. The number of ether oxygens (including phenoxy) is 1. The lowest BCUT2D eigenvalue weighted by Crippen LogP contribution is -2.50. The average Bonchev–Trinajstić information content (AvgIpc) is 3.10. The van der Waals surface area contributed by atoms with Gasteiger partial charge in [0.15, 0.2) is 0 Å². The van der Waals surface area contributed by atoms with Crippen LogP contribution in [-0.4, -0.2) is 39.0 Å². The second kappa shape index (κ2) is 6.35. The van der Waals surface area contributed by atoms with Gasteiger partial charge in [0.25, 0.3) is 0 Å². The summed E-state index contributed by atoms with van der Waals surface area (Å²) in [6.45, 7) is 6.49. The van der Waals surface area contributed by atoms with Gasteiger partial charge in [-0.15, -0.1) is 11.3 Å². The minimum absolute atomic E-state index is 0.303. The highest BCUT2D eigenvalue weighted by Crippen LogP contribution is 2.50. The quantitative estimate of drug-likeness (QED) is 0.866. The molecular formula is C18H24ClN3O2S. The molecule has 25 heavy (non-hydrogen) atoms. The van der Waals surface area contributed by atoms with E-state index in [2.05, 4.69) is 29.9 Å². The Kier molecular flexibility index (Phi) is 4.45. The Balaban J connectivity index is 1.54. The predicted molar refractivity (Wildman–Crippen MR) is 99.0 cm³/mol. The van der Waals surface area contributed by atoms with E-state index in [0.717, 1.165) is 46.4 Å². The zero-order chi connectivity index (χ0) is 17.8. The first-order chi connectivity index (χ1) is 11.9. The van der Waals surface area contributed by atoms with Crippen molar-refractivity contribution in [2.24, 2.45) is 7.05 Å². The third-order valence-electron chi connectivity index (χ3n) is 5.60. The van der Waals surface area contributed by atoms with Crippen molar-refractivity contribution in [2.75, 3.05) is 13.2 Å². The van der Waals surface area contributed by atoms with Gasteiger partial charge in [0.05, 0.1) is 16.6 Å². The maximum Gasteiger partial charge on any atom is 0.105 e. The number of aliphatic hydroxyl groups excluding tert-OH is 1. The summed E-state index contributed by atoms with van der Waals surface area (Å²) in [6, 6.07) is 4.44. The van der Waals surface area contributed by atoms with Gasteiger partial charge in [-0.2, -0.15) is 5.10 Å². The topological polar surface area (TPSA) is 50.5 Å². The molecule has 0 radical (unpaired) electrons. The van der Waals surface area contributed by atoms with E-state index in [1.165, 1.54) is 5.69 Å². The van der Waals surface area contributed by atoms with Crippen LogP contribution < -0.4 is 0 Å². The number of aliphatic hydroxyl groups is 1. The molecule has 136 valence electrons. The maximum absolute atomic E-state index is 10.2. The molecule has 2 aliphatic heterocycles. The van der Waals surface area contributed by atoms with E-state index in [-0.39, 0.29) is 5.60 Å². The van der Waals surface area contributed by atoms with Crippen LogP contribution in [0.5, 0.6) is 0 Å². The number of rotatable bonds is 2. The Morgan fingerprint density at radius 2 is 2.28 bits per heavy atom. The molecule has 3 atom stereocenters. The highest BCUT2D eigenvalue weighted by molar-refractivity contribution is 7.16. The van der Waals surface area contributed by atoms with E-state index in [9.17, 15) is 5.11 Å². The molecule has 5 nitrogen and oxygen atoms in total. The molecule has 0 bridgehead atoms. The van der Waals surface area contributed by atoms with Crippen molar-refractivity contribution in [2.45, 2.75) is 51.0 Å². The van der Waals surface area contributed by atoms with Crippen molar-refractivity contribution >= 4 is 22.9 Å². The lowest BCUT2D eigenvalue weighted by atomic mass is 9.81. The minimum atomic E-state index is -0.561. The molecule has 0 amide bonds. The van der Waals surface area contributed by atoms with Crippen molar-refractivity contribution < 1.29 is 9.84 Å². The third kappa shape index (κ3) is 3.04. The molecule has 2 aromatic heterocycles. The van der Waals surface area contributed by atoms with Gasteiger partial charge in [-0.25, -0.2) is 0 Å². The van der Waals surface area contributed by atoms with Crippen LogP contribution in [0, 0.1) is 6.92 Å². The van der Waals surface area contributed by atoms with Gasteiger partial charge < -0.3 is 9.84 Å². The summed E-state index contributed by atoms with van der Waals surface area (Å²) in [5.41, 5.74) is 2.95. The number of piperidine rings is 1. The van der Waals surface area contributed by atoms with Crippen LogP contribution in [0.1, 0.15) is 47.7 Å². The summed E-state index contributed by atoms with van der Waals surface area (Å²) in [7, 11) is 1.98. The van der Waals surface area contributed by atoms with Crippen LogP contribution in [0.2, 0.25) is 4.34 Å². The van der Waals surface area contributed by atoms with Crippen LogP contribution in [0.4, 0.5) is 0 Å². The van der Waals surface area contributed by atoms with Crippen LogP contribution in [0.3, 0.4) is 0 Å². The fourth-order valence-corrected chi connectivity index (χ4v) is 5.59. The second-order valence-electron chi connectivity index (χ2n) is 7.33. The van der Waals surface area contributed by atoms with Crippen molar-refractivity contribution in [3.63, 3.8) is 0 Å². The van der Waals surface area contributed by atoms with E-state index in [1.54, 1.807) is 11.3 Å². The van der Waals surface area contributed by atoms with Crippen LogP contribution >= 0.6 is 22.9 Å². The number of hydrogen-bond donors (Lipinski definition) is 1. The van der Waals surface area contributed by atoms with Gasteiger partial charge in [0.2, 0.25) is 0 Å². The lowest BCUT2D eigenvalue weighted by molar-refractivity contribution is -0.139. The van der Waals surface area contributed by atoms with Gasteiger partial charge in [0, 0.05) is 42.3 Å². The molecule has 1 spiro atoms. The van der Waals surface area contributed by atoms with Gasteiger partial charge in [-0.3, -0.25) is 9.58 Å². The van der Waals surface area contributed by atoms with Gasteiger partial charge >= 0.3 is 0 Å². The molecule has 2 aliphatic rings. The molecule has 7 heteroatoms. The number of thiophene rings is 1. The SMILES string of the molecule is Cc1cc(CN2CC[C@]3(C[C@@H]2C)OC[C@H](O)c2cc(Cl)sc23)nn1C. The molecule has 2 aromatic rings. The maximum atomic E-state index is 10.2. The normalized spacial score (nSPS) is 30.0. The molecule has 0 unspecified atom stereocenters. The molecule has 1 saturated heterocycles. The third-order valence-corrected chi connectivity index (χ3v) is 7.07. The Morgan fingerprint density at radius 3 is 2.96 bits per heavy atom. The zero-order valence-electron chi connectivity index (χ0n) is 14.8. The Morgan fingerprint density at radius 1 is 1.48 bits per heavy atom. The highest BCUT2D eigenvalue weighted by Gasteiger charge is 2.46. The van der Waals surface area contributed by atoms with E-state index >= 15 is 0 Å². The Labute approximate surface area is 157 Å². The lowest BCUT2D eigenvalue weighted by Gasteiger charge is -2.47. The fraction of sp³-hybridized carbons (Fsp3) is 0.611. The number of likely N-dealkylation sites (tertiary alicyclic amines) is 1.